The Labute approximate surface area is 97.7 Å². The summed E-state index contributed by atoms with van der Waals surface area (Å²) in [5, 5.41) is 11.5. The van der Waals surface area contributed by atoms with Crippen LogP contribution in [0.4, 0.5) is 8.78 Å². The van der Waals surface area contributed by atoms with Crippen LogP contribution >= 0.6 is 11.8 Å². The van der Waals surface area contributed by atoms with E-state index in [0.29, 0.717) is 17.1 Å². The lowest BCUT2D eigenvalue weighted by Gasteiger charge is -2.06. The smallest absolute Gasteiger partial charge is 0.159 e. The van der Waals surface area contributed by atoms with Gasteiger partial charge >= 0.3 is 0 Å². The van der Waals surface area contributed by atoms with Gasteiger partial charge in [0, 0.05) is 10.6 Å². The van der Waals surface area contributed by atoms with Gasteiger partial charge in [-0.3, -0.25) is 0 Å². The van der Waals surface area contributed by atoms with E-state index in [-0.39, 0.29) is 6.04 Å². The number of halogens is 2. The molecule has 0 spiro atoms. The molecule has 1 aromatic carbocycles. The number of nitrogens with one attached hydrogen (secondary N) is 1. The maximum atomic E-state index is 12.8. The topological polar surface area (TPSA) is 35.8 Å². The molecule has 1 unspecified atom stereocenters. The molecule has 0 saturated carbocycles. The average Bonchev–Trinajstić information content (AvgIpc) is 2.29. The molecule has 0 aliphatic rings. The highest BCUT2D eigenvalue weighted by molar-refractivity contribution is 7.99. The highest BCUT2D eigenvalue weighted by Gasteiger charge is 2.05. The molecular weight excluding hydrogens is 230 g/mol. The summed E-state index contributed by atoms with van der Waals surface area (Å²) in [6.45, 7) is 0. The lowest BCUT2D eigenvalue weighted by molar-refractivity contribution is 0.506. The van der Waals surface area contributed by atoms with E-state index in [1.807, 2.05) is 0 Å². The van der Waals surface area contributed by atoms with Crippen LogP contribution in [0.2, 0.25) is 0 Å². The summed E-state index contributed by atoms with van der Waals surface area (Å²) in [4.78, 5) is 0.673. The van der Waals surface area contributed by atoms with Gasteiger partial charge in [-0.05, 0) is 31.7 Å². The molecule has 2 nitrogen and oxygen atoms in total. The Morgan fingerprint density at radius 3 is 2.75 bits per heavy atom. The third kappa shape index (κ3) is 3.80. The van der Waals surface area contributed by atoms with E-state index in [1.165, 1.54) is 23.9 Å². The van der Waals surface area contributed by atoms with Crippen molar-refractivity contribution < 1.29 is 8.78 Å². The lowest BCUT2D eigenvalue weighted by Crippen LogP contribution is -2.23. The van der Waals surface area contributed by atoms with Crippen molar-refractivity contribution in [3.8, 4) is 6.07 Å². The van der Waals surface area contributed by atoms with Gasteiger partial charge in [0.15, 0.2) is 11.6 Å². The van der Waals surface area contributed by atoms with E-state index in [1.54, 1.807) is 7.05 Å². The van der Waals surface area contributed by atoms with Crippen LogP contribution in [0.1, 0.15) is 6.42 Å². The van der Waals surface area contributed by atoms with E-state index < -0.39 is 11.6 Å². The fraction of sp³-hybridized carbons (Fsp3) is 0.364. The molecule has 86 valence electrons. The van der Waals surface area contributed by atoms with Gasteiger partial charge in [-0.1, -0.05) is 0 Å². The van der Waals surface area contributed by atoms with Crippen LogP contribution in [0, 0.1) is 23.0 Å². The number of benzene rings is 1. The van der Waals surface area contributed by atoms with Gasteiger partial charge in [0.25, 0.3) is 0 Å². The average molecular weight is 242 g/mol. The zero-order valence-electron chi connectivity index (χ0n) is 8.84. The largest absolute Gasteiger partial charge is 0.305 e. The van der Waals surface area contributed by atoms with Crippen LogP contribution in [-0.4, -0.2) is 18.8 Å². The number of thioether (sulfide) groups is 1. The van der Waals surface area contributed by atoms with Crippen molar-refractivity contribution in [2.45, 2.75) is 17.4 Å². The maximum Gasteiger partial charge on any atom is 0.159 e. The fourth-order valence-electron chi connectivity index (χ4n) is 1.13. The van der Waals surface area contributed by atoms with E-state index in [9.17, 15) is 8.78 Å². The van der Waals surface area contributed by atoms with Crippen molar-refractivity contribution >= 4 is 11.8 Å². The van der Waals surface area contributed by atoms with Crippen LogP contribution in [0.15, 0.2) is 23.1 Å². The van der Waals surface area contributed by atoms with Crippen molar-refractivity contribution in [1.29, 1.82) is 5.26 Å². The summed E-state index contributed by atoms with van der Waals surface area (Å²) < 4.78 is 25.5. The van der Waals surface area contributed by atoms with Crippen molar-refractivity contribution in [2.24, 2.45) is 0 Å². The number of hydrogen-bond donors (Lipinski definition) is 1. The Morgan fingerprint density at radius 2 is 2.19 bits per heavy atom. The van der Waals surface area contributed by atoms with Crippen molar-refractivity contribution in [3.05, 3.63) is 29.8 Å². The molecule has 0 amide bonds. The second-order valence-electron chi connectivity index (χ2n) is 3.18. The van der Waals surface area contributed by atoms with Crippen LogP contribution in [0.3, 0.4) is 0 Å². The predicted octanol–water partition coefficient (Wildman–Crippen LogP) is 2.56. The summed E-state index contributed by atoms with van der Waals surface area (Å²) in [5.74, 6) is -0.991. The SMILES string of the molecule is CNC(C#N)CCSc1ccc(F)c(F)c1. The van der Waals surface area contributed by atoms with Crippen LogP contribution in [-0.2, 0) is 0 Å². The van der Waals surface area contributed by atoms with Gasteiger partial charge in [-0.2, -0.15) is 5.26 Å². The molecule has 0 radical (unpaired) electrons. The van der Waals surface area contributed by atoms with Crippen molar-refractivity contribution in [3.63, 3.8) is 0 Å². The minimum absolute atomic E-state index is 0.196. The Bertz CT molecular complexity index is 390. The molecule has 1 aromatic rings. The molecule has 0 aliphatic carbocycles. The molecule has 0 saturated heterocycles. The van der Waals surface area contributed by atoms with E-state index >= 15 is 0 Å². The van der Waals surface area contributed by atoms with Gasteiger partial charge < -0.3 is 5.32 Å². The first-order valence-electron chi connectivity index (χ1n) is 4.82. The molecule has 5 heteroatoms. The second-order valence-corrected chi connectivity index (χ2v) is 4.35. The van der Waals surface area contributed by atoms with E-state index in [0.717, 1.165) is 6.07 Å². The number of hydrogen-bond acceptors (Lipinski definition) is 3. The highest BCUT2D eigenvalue weighted by Crippen LogP contribution is 2.21. The first-order valence-corrected chi connectivity index (χ1v) is 5.80. The van der Waals surface area contributed by atoms with Gasteiger partial charge in [0.05, 0.1) is 12.1 Å². The molecule has 0 heterocycles. The van der Waals surface area contributed by atoms with Crippen LogP contribution < -0.4 is 5.32 Å². The monoisotopic (exact) mass is 242 g/mol. The fourth-order valence-corrected chi connectivity index (χ4v) is 2.08. The minimum atomic E-state index is -0.838. The Kier molecular flexibility index (Phi) is 5.23. The summed E-state index contributed by atoms with van der Waals surface area (Å²) in [6, 6.07) is 5.71. The molecular formula is C11H12F2N2S. The Balaban J connectivity index is 2.43. The minimum Gasteiger partial charge on any atom is -0.305 e. The zero-order valence-corrected chi connectivity index (χ0v) is 9.65. The highest BCUT2D eigenvalue weighted by atomic mass is 32.2. The summed E-state index contributed by atoms with van der Waals surface area (Å²) in [5.41, 5.74) is 0. The number of rotatable bonds is 5. The normalized spacial score (nSPS) is 12.1. The lowest BCUT2D eigenvalue weighted by atomic mass is 10.3. The van der Waals surface area contributed by atoms with Gasteiger partial charge in [0.1, 0.15) is 0 Å². The van der Waals surface area contributed by atoms with Crippen LogP contribution in [0.5, 0.6) is 0 Å². The second kappa shape index (κ2) is 6.46. The summed E-state index contributed by atoms with van der Waals surface area (Å²) >= 11 is 1.40. The van der Waals surface area contributed by atoms with Crippen molar-refractivity contribution in [2.75, 3.05) is 12.8 Å². The van der Waals surface area contributed by atoms with E-state index in [4.69, 9.17) is 5.26 Å². The Morgan fingerprint density at radius 1 is 1.44 bits per heavy atom. The zero-order chi connectivity index (χ0) is 12.0. The van der Waals surface area contributed by atoms with Gasteiger partial charge in [-0.25, -0.2) is 8.78 Å². The van der Waals surface area contributed by atoms with Crippen LogP contribution in [0.25, 0.3) is 0 Å². The quantitative estimate of drug-likeness (QED) is 0.806. The Hall–Kier alpha value is -1.12. The number of nitrogens with zero attached hydrogens (tertiary/aromatic N) is 1. The standard InChI is InChI=1S/C11H12F2N2S/c1-15-8(7-14)4-5-16-9-2-3-10(12)11(13)6-9/h2-3,6,8,15H,4-5H2,1H3. The van der Waals surface area contributed by atoms with Crippen molar-refractivity contribution in [1.82, 2.24) is 5.32 Å². The third-order valence-electron chi connectivity index (χ3n) is 2.07. The molecule has 0 aliphatic heterocycles. The van der Waals surface area contributed by atoms with Gasteiger partial charge in [0.2, 0.25) is 0 Å². The maximum absolute atomic E-state index is 12.8. The number of nitriles is 1. The van der Waals surface area contributed by atoms with E-state index in [2.05, 4.69) is 11.4 Å². The molecule has 0 aromatic heterocycles. The molecule has 1 N–H and O–H groups in total. The summed E-state index contributed by atoms with van der Waals surface area (Å²) in [6.07, 6.45) is 0.663. The molecule has 0 fully saturated rings. The molecule has 1 atom stereocenters. The third-order valence-corrected chi connectivity index (χ3v) is 3.10. The molecule has 1 rings (SSSR count). The first-order chi connectivity index (χ1) is 7.67. The first kappa shape index (κ1) is 12.9. The predicted molar refractivity (Wildman–Crippen MR) is 60.2 cm³/mol. The molecule has 0 bridgehead atoms. The summed E-state index contributed by atoms with van der Waals surface area (Å²) in [7, 11) is 1.72. The molecule has 16 heavy (non-hydrogen) atoms. The van der Waals surface area contributed by atoms with Gasteiger partial charge in [-0.15, -0.1) is 11.8 Å².